The van der Waals surface area contributed by atoms with Gasteiger partial charge in [0.15, 0.2) is 0 Å². The summed E-state index contributed by atoms with van der Waals surface area (Å²) in [6, 6.07) is 0. The van der Waals surface area contributed by atoms with Crippen molar-refractivity contribution in [2.24, 2.45) is 0 Å². The van der Waals surface area contributed by atoms with Gasteiger partial charge in [-0.3, -0.25) is 4.79 Å². The van der Waals surface area contributed by atoms with Crippen LogP contribution in [0.15, 0.2) is 0 Å². The molecule has 0 aliphatic heterocycles. The van der Waals surface area contributed by atoms with Gasteiger partial charge in [-0.05, 0) is 6.42 Å². The fraction of sp³-hybridized carbons (Fsp3) is 0.857. The minimum Gasteiger partial charge on any atom is -0.348 e. The topological polar surface area (TPSA) is 66.5 Å². The van der Waals surface area contributed by atoms with E-state index in [2.05, 4.69) is 4.72 Å². The van der Waals surface area contributed by atoms with Crippen LogP contribution in [-0.4, -0.2) is 45.6 Å². The number of sulfonamides is 1. The lowest BCUT2D eigenvalue weighted by atomic mass is 10.6. The molecule has 13 heavy (non-hydrogen) atoms. The van der Waals surface area contributed by atoms with Crippen molar-refractivity contribution in [2.75, 3.05) is 26.4 Å². The van der Waals surface area contributed by atoms with E-state index in [9.17, 15) is 13.2 Å². The van der Waals surface area contributed by atoms with Crippen molar-refractivity contribution in [3.8, 4) is 0 Å². The van der Waals surface area contributed by atoms with E-state index < -0.39 is 10.0 Å². The molecule has 6 heteroatoms. The van der Waals surface area contributed by atoms with Crippen LogP contribution in [0.4, 0.5) is 0 Å². The maximum atomic E-state index is 11.1. The monoisotopic (exact) mass is 208 g/mol. The number of hydrogen-bond donors (Lipinski definition) is 1. The molecule has 1 N–H and O–H groups in total. The van der Waals surface area contributed by atoms with E-state index in [-0.39, 0.29) is 18.2 Å². The highest BCUT2D eigenvalue weighted by atomic mass is 32.2. The summed E-state index contributed by atoms with van der Waals surface area (Å²) < 4.78 is 24.4. The van der Waals surface area contributed by atoms with E-state index in [1.165, 1.54) is 4.90 Å². The normalized spacial score (nSPS) is 11.3. The van der Waals surface area contributed by atoms with E-state index in [0.717, 1.165) is 0 Å². The average Bonchev–Trinajstić information content (AvgIpc) is 2.00. The zero-order valence-corrected chi connectivity index (χ0v) is 9.02. The van der Waals surface area contributed by atoms with E-state index in [0.29, 0.717) is 6.42 Å². The molecule has 0 bridgehead atoms. The van der Waals surface area contributed by atoms with Gasteiger partial charge in [-0.1, -0.05) is 6.92 Å². The fourth-order valence-electron chi connectivity index (χ4n) is 0.671. The summed E-state index contributed by atoms with van der Waals surface area (Å²) in [7, 11) is -0.0981. The minimum atomic E-state index is -3.26. The molecule has 0 aromatic carbocycles. The minimum absolute atomic E-state index is 0.0632. The Morgan fingerprint density at radius 2 is 1.92 bits per heavy atom. The number of likely N-dealkylation sites (N-methyl/N-ethyl adjacent to an activating group) is 1. The highest BCUT2D eigenvalue weighted by molar-refractivity contribution is 7.89. The van der Waals surface area contributed by atoms with Gasteiger partial charge in [0.2, 0.25) is 15.9 Å². The van der Waals surface area contributed by atoms with Crippen LogP contribution in [-0.2, 0) is 14.8 Å². The molecule has 0 saturated carbocycles. The van der Waals surface area contributed by atoms with Gasteiger partial charge in [-0.15, -0.1) is 0 Å². The number of amides is 1. The van der Waals surface area contributed by atoms with Gasteiger partial charge in [0, 0.05) is 14.1 Å². The molecule has 0 spiro atoms. The highest BCUT2D eigenvalue weighted by Crippen LogP contribution is 1.88. The van der Waals surface area contributed by atoms with Crippen LogP contribution in [0.1, 0.15) is 13.3 Å². The first-order valence-electron chi connectivity index (χ1n) is 4.06. The van der Waals surface area contributed by atoms with E-state index in [1.807, 2.05) is 0 Å². The SMILES string of the molecule is CCCS(=O)(=O)NCC(=O)N(C)C. The molecule has 0 rings (SSSR count). The molecule has 0 aromatic rings. The predicted octanol–water partition coefficient (Wildman–Crippen LogP) is -0.596. The molecule has 0 atom stereocenters. The molecule has 0 fully saturated rings. The summed E-state index contributed by atoms with van der Waals surface area (Å²) in [5.74, 6) is -0.187. The lowest BCUT2D eigenvalue weighted by Crippen LogP contribution is -2.37. The molecule has 78 valence electrons. The van der Waals surface area contributed by atoms with Crippen LogP contribution in [0, 0.1) is 0 Å². The lowest BCUT2D eigenvalue weighted by molar-refractivity contribution is -0.127. The largest absolute Gasteiger partial charge is 0.348 e. The Bertz CT molecular complexity index is 259. The van der Waals surface area contributed by atoms with E-state index >= 15 is 0 Å². The first-order valence-corrected chi connectivity index (χ1v) is 5.71. The van der Waals surface area contributed by atoms with Gasteiger partial charge in [-0.25, -0.2) is 13.1 Å². The number of rotatable bonds is 5. The fourth-order valence-corrected chi connectivity index (χ4v) is 1.70. The standard InChI is InChI=1S/C7H16N2O3S/c1-4-5-13(11,12)8-6-7(10)9(2)3/h8H,4-6H2,1-3H3. The molecule has 0 unspecified atom stereocenters. The summed E-state index contributed by atoms with van der Waals surface area (Å²) in [6.07, 6.45) is 0.547. The number of nitrogens with zero attached hydrogens (tertiary/aromatic N) is 1. The summed E-state index contributed by atoms with van der Waals surface area (Å²) >= 11 is 0. The molecule has 0 saturated heterocycles. The van der Waals surface area contributed by atoms with Crippen LogP contribution in [0.2, 0.25) is 0 Å². The zero-order chi connectivity index (χ0) is 10.5. The Kier molecular flexibility index (Phi) is 4.94. The van der Waals surface area contributed by atoms with Crippen molar-refractivity contribution in [3.63, 3.8) is 0 Å². The van der Waals surface area contributed by atoms with Crippen LogP contribution in [0.3, 0.4) is 0 Å². The molecule has 0 aliphatic carbocycles. The Labute approximate surface area is 79.2 Å². The van der Waals surface area contributed by atoms with Gasteiger partial charge in [0.05, 0.1) is 12.3 Å². The third kappa shape index (κ3) is 5.59. The first-order chi connectivity index (χ1) is 5.89. The van der Waals surface area contributed by atoms with Crippen LogP contribution >= 0.6 is 0 Å². The van der Waals surface area contributed by atoms with E-state index in [1.54, 1.807) is 21.0 Å². The smallest absolute Gasteiger partial charge is 0.237 e. The molecule has 0 radical (unpaired) electrons. The third-order valence-electron chi connectivity index (χ3n) is 1.41. The molecule has 0 aliphatic rings. The summed E-state index contributed by atoms with van der Waals surface area (Å²) in [4.78, 5) is 12.3. The number of carbonyl (C=O) groups excluding carboxylic acids is 1. The Morgan fingerprint density at radius 1 is 1.38 bits per heavy atom. The quantitative estimate of drug-likeness (QED) is 0.656. The number of hydrogen-bond acceptors (Lipinski definition) is 3. The second-order valence-electron chi connectivity index (χ2n) is 2.93. The highest BCUT2D eigenvalue weighted by Gasteiger charge is 2.11. The Morgan fingerprint density at radius 3 is 2.31 bits per heavy atom. The first kappa shape index (κ1) is 12.4. The molecule has 5 nitrogen and oxygen atoms in total. The predicted molar refractivity (Wildman–Crippen MR) is 50.8 cm³/mol. The molecular formula is C7H16N2O3S. The number of carbonyl (C=O) groups is 1. The number of nitrogens with one attached hydrogen (secondary N) is 1. The second kappa shape index (κ2) is 5.18. The van der Waals surface area contributed by atoms with Crippen molar-refractivity contribution >= 4 is 15.9 Å². The Balaban J connectivity index is 3.96. The van der Waals surface area contributed by atoms with Gasteiger partial charge in [-0.2, -0.15) is 0 Å². The van der Waals surface area contributed by atoms with E-state index in [4.69, 9.17) is 0 Å². The van der Waals surface area contributed by atoms with Crippen molar-refractivity contribution in [3.05, 3.63) is 0 Å². The maximum Gasteiger partial charge on any atom is 0.237 e. The van der Waals surface area contributed by atoms with Crippen LogP contribution in [0.5, 0.6) is 0 Å². The maximum absolute atomic E-state index is 11.1. The second-order valence-corrected chi connectivity index (χ2v) is 4.85. The van der Waals surface area contributed by atoms with Gasteiger partial charge in [0.25, 0.3) is 0 Å². The zero-order valence-electron chi connectivity index (χ0n) is 8.20. The van der Waals surface area contributed by atoms with Crippen molar-refractivity contribution in [1.82, 2.24) is 9.62 Å². The Hall–Kier alpha value is -0.620. The molecule has 1 amide bonds. The summed E-state index contributed by atoms with van der Waals surface area (Å²) in [6.45, 7) is 1.61. The van der Waals surface area contributed by atoms with Gasteiger partial charge >= 0.3 is 0 Å². The summed E-state index contributed by atoms with van der Waals surface area (Å²) in [5.41, 5.74) is 0. The summed E-state index contributed by atoms with van der Waals surface area (Å²) in [5, 5.41) is 0. The molecular weight excluding hydrogens is 192 g/mol. The van der Waals surface area contributed by atoms with Crippen LogP contribution < -0.4 is 4.72 Å². The average molecular weight is 208 g/mol. The van der Waals surface area contributed by atoms with Crippen molar-refractivity contribution < 1.29 is 13.2 Å². The van der Waals surface area contributed by atoms with Crippen molar-refractivity contribution in [2.45, 2.75) is 13.3 Å². The molecule has 0 aromatic heterocycles. The van der Waals surface area contributed by atoms with Crippen LogP contribution in [0.25, 0.3) is 0 Å². The molecule has 0 heterocycles. The lowest BCUT2D eigenvalue weighted by Gasteiger charge is -2.10. The van der Waals surface area contributed by atoms with Gasteiger partial charge in [0.1, 0.15) is 0 Å². The van der Waals surface area contributed by atoms with Crippen molar-refractivity contribution in [1.29, 1.82) is 0 Å². The third-order valence-corrected chi connectivity index (χ3v) is 2.94. The van der Waals surface area contributed by atoms with Gasteiger partial charge < -0.3 is 4.90 Å².